The van der Waals surface area contributed by atoms with Gasteiger partial charge in [-0.25, -0.2) is 0 Å². The Hall–Kier alpha value is -0.860. The predicted octanol–water partition coefficient (Wildman–Crippen LogP) is 3.60. The van der Waals surface area contributed by atoms with Crippen LogP contribution in [0.1, 0.15) is 49.8 Å². The van der Waals surface area contributed by atoms with Crippen LogP contribution in [-0.4, -0.2) is 18.8 Å². The van der Waals surface area contributed by atoms with Crippen molar-refractivity contribution in [3.63, 3.8) is 0 Å². The minimum absolute atomic E-state index is 0.466. The van der Waals surface area contributed by atoms with Gasteiger partial charge in [-0.1, -0.05) is 36.8 Å². The van der Waals surface area contributed by atoms with E-state index in [4.69, 9.17) is 4.74 Å². The number of nitrogens with one attached hydrogen (secondary N) is 1. The molecule has 2 aliphatic rings. The van der Waals surface area contributed by atoms with Gasteiger partial charge in [-0.2, -0.15) is 0 Å². The van der Waals surface area contributed by atoms with Crippen LogP contribution in [-0.2, 0) is 4.74 Å². The first-order valence-electron chi connectivity index (χ1n) is 7.72. The van der Waals surface area contributed by atoms with E-state index in [9.17, 15) is 0 Å². The van der Waals surface area contributed by atoms with Crippen molar-refractivity contribution in [2.75, 3.05) is 6.61 Å². The Morgan fingerprint density at radius 1 is 1.21 bits per heavy atom. The lowest BCUT2D eigenvalue weighted by molar-refractivity contribution is 0.0787. The molecular weight excluding hydrogens is 234 g/mol. The fourth-order valence-corrected chi connectivity index (χ4v) is 3.19. The van der Waals surface area contributed by atoms with Gasteiger partial charge in [0, 0.05) is 18.7 Å². The maximum absolute atomic E-state index is 5.93. The van der Waals surface area contributed by atoms with Crippen LogP contribution in [0.3, 0.4) is 0 Å². The molecule has 3 rings (SSSR count). The minimum atomic E-state index is 0.466. The zero-order chi connectivity index (χ0) is 13.2. The standard InChI is InChI=1S/C17H25NO/c1-3-15(13-6-4-12(2)5-7-13)18-16-10-11-19-17(16)14-8-9-14/h4-7,14-18H,3,8-11H2,1-2H3. The molecule has 1 aliphatic carbocycles. The summed E-state index contributed by atoms with van der Waals surface area (Å²) in [7, 11) is 0. The third-order valence-corrected chi connectivity index (χ3v) is 4.53. The third-order valence-electron chi connectivity index (χ3n) is 4.53. The molecule has 1 aromatic rings. The van der Waals surface area contributed by atoms with E-state index in [0.717, 1.165) is 18.9 Å². The number of aryl methyl sites for hydroxylation is 1. The van der Waals surface area contributed by atoms with E-state index in [0.29, 0.717) is 18.2 Å². The second-order valence-corrected chi connectivity index (χ2v) is 6.11. The summed E-state index contributed by atoms with van der Waals surface area (Å²) in [4.78, 5) is 0. The lowest BCUT2D eigenvalue weighted by Crippen LogP contribution is -2.39. The Morgan fingerprint density at radius 2 is 1.95 bits per heavy atom. The van der Waals surface area contributed by atoms with Crippen molar-refractivity contribution in [1.82, 2.24) is 5.32 Å². The molecule has 2 nitrogen and oxygen atoms in total. The Morgan fingerprint density at radius 3 is 2.58 bits per heavy atom. The lowest BCUT2D eigenvalue weighted by Gasteiger charge is -2.26. The topological polar surface area (TPSA) is 21.3 Å². The van der Waals surface area contributed by atoms with E-state index in [1.807, 2.05) is 0 Å². The van der Waals surface area contributed by atoms with Crippen molar-refractivity contribution < 1.29 is 4.74 Å². The number of benzene rings is 1. The molecule has 0 spiro atoms. The zero-order valence-electron chi connectivity index (χ0n) is 12.1. The number of hydrogen-bond acceptors (Lipinski definition) is 2. The van der Waals surface area contributed by atoms with E-state index < -0.39 is 0 Å². The Balaban J connectivity index is 1.67. The van der Waals surface area contributed by atoms with Crippen LogP contribution in [0, 0.1) is 12.8 Å². The zero-order valence-corrected chi connectivity index (χ0v) is 12.1. The summed E-state index contributed by atoms with van der Waals surface area (Å²) in [5, 5.41) is 3.85. The molecule has 3 atom stereocenters. The number of ether oxygens (including phenoxy) is 1. The summed E-state index contributed by atoms with van der Waals surface area (Å²) in [6.45, 7) is 5.34. The number of rotatable bonds is 5. The molecule has 2 fully saturated rings. The quantitative estimate of drug-likeness (QED) is 0.872. The molecule has 2 heteroatoms. The van der Waals surface area contributed by atoms with Crippen molar-refractivity contribution in [2.45, 2.75) is 57.7 Å². The first-order chi connectivity index (χ1) is 9.28. The molecule has 104 valence electrons. The minimum Gasteiger partial charge on any atom is -0.376 e. The summed E-state index contributed by atoms with van der Waals surface area (Å²) >= 11 is 0. The summed E-state index contributed by atoms with van der Waals surface area (Å²) in [6, 6.07) is 9.97. The molecule has 0 aromatic heterocycles. The Bertz CT molecular complexity index is 410. The van der Waals surface area contributed by atoms with Gasteiger partial charge < -0.3 is 10.1 Å². The van der Waals surface area contributed by atoms with Gasteiger partial charge in [0.05, 0.1) is 6.10 Å². The summed E-state index contributed by atoms with van der Waals surface area (Å²) in [5.74, 6) is 0.829. The highest BCUT2D eigenvalue weighted by Gasteiger charge is 2.41. The van der Waals surface area contributed by atoms with Crippen molar-refractivity contribution >= 4 is 0 Å². The highest BCUT2D eigenvalue weighted by molar-refractivity contribution is 5.24. The van der Waals surface area contributed by atoms with Crippen LogP contribution in [0.4, 0.5) is 0 Å². The van der Waals surface area contributed by atoms with E-state index in [2.05, 4.69) is 43.4 Å². The molecule has 1 saturated carbocycles. The van der Waals surface area contributed by atoms with E-state index in [1.54, 1.807) is 0 Å². The van der Waals surface area contributed by atoms with Gasteiger partial charge in [0.1, 0.15) is 0 Å². The van der Waals surface area contributed by atoms with Crippen molar-refractivity contribution in [1.29, 1.82) is 0 Å². The van der Waals surface area contributed by atoms with Crippen molar-refractivity contribution in [3.05, 3.63) is 35.4 Å². The molecule has 1 saturated heterocycles. The summed E-state index contributed by atoms with van der Waals surface area (Å²) in [5.41, 5.74) is 2.74. The van der Waals surface area contributed by atoms with Gasteiger partial charge in [0.15, 0.2) is 0 Å². The molecule has 1 aliphatic heterocycles. The number of hydrogen-bond donors (Lipinski definition) is 1. The third kappa shape index (κ3) is 3.01. The molecule has 0 radical (unpaired) electrons. The van der Waals surface area contributed by atoms with Crippen molar-refractivity contribution in [3.8, 4) is 0 Å². The fourth-order valence-electron chi connectivity index (χ4n) is 3.19. The van der Waals surface area contributed by atoms with Gasteiger partial charge in [0.2, 0.25) is 0 Å². The average Bonchev–Trinajstić information content (AvgIpc) is 3.17. The van der Waals surface area contributed by atoms with Gasteiger partial charge in [0.25, 0.3) is 0 Å². The largest absolute Gasteiger partial charge is 0.376 e. The van der Waals surface area contributed by atoms with Crippen LogP contribution in [0.2, 0.25) is 0 Å². The second-order valence-electron chi connectivity index (χ2n) is 6.11. The summed E-state index contributed by atoms with van der Waals surface area (Å²) < 4.78 is 5.93. The molecule has 0 bridgehead atoms. The molecule has 1 heterocycles. The Kier molecular flexibility index (Phi) is 3.90. The Labute approximate surface area is 116 Å². The maximum atomic E-state index is 5.93. The van der Waals surface area contributed by atoms with E-state index in [-0.39, 0.29) is 0 Å². The van der Waals surface area contributed by atoms with Crippen LogP contribution >= 0.6 is 0 Å². The highest BCUT2D eigenvalue weighted by atomic mass is 16.5. The monoisotopic (exact) mass is 259 g/mol. The SMILES string of the molecule is CCC(NC1CCOC1C1CC1)c1ccc(C)cc1. The smallest absolute Gasteiger partial charge is 0.0757 e. The predicted molar refractivity (Wildman–Crippen MR) is 78.2 cm³/mol. The van der Waals surface area contributed by atoms with Crippen LogP contribution in [0.25, 0.3) is 0 Å². The second kappa shape index (κ2) is 5.64. The van der Waals surface area contributed by atoms with Gasteiger partial charge in [-0.15, -0.1) is 0 Å². The van der Waals surface area contributed by atoms with Gasteiger partial charge >= 0.3 is 0 Å². The van der Waals surface area contributed by atoms with Crippen LogP contribution in [0.5, 0.6) is 0 Å². The molecule has 1 N–H and O–H groups in total. The van der Waals surface area contributed by atoms with Crippen molar-refractivity contribution in [2.24, 2.45) is 5.92 Å². The fraction of sp³-hybridized carbons (Fsp3) is 0.647. The molecule has 0 amide bonds. The highest BCUT2D eigenvalue weighted by Crippen LogP contribution is 2.39. The van der Waals surface area contributed by atoms with E-state index in [1.165, 1.54) is 30.4 Å². The van der Waals surface area contributed by atoms with Crippen LogP contribution < -0.4 is 5.32 Å². The van der Waals surface area contributed by atoms with Crippen LogP contribution in [0.15, 0.2) is 24.3 Å². The van der Waals surface area contributed by atoms with Gasteiger partial charge in [-0.3, -0.25) is 0 Å². The average molecular weight is 259 g/mol. The van der Waals surface area contributed by atoms with Gasteiger partial charge in [-0.05, 0) is 44.1 Å². The first-order valence-corrected chi connectivity index (χ1v) is 7.72. The molecule has 1 aromatic carbocycles. The first kappa shape index (κ1) is 13.1. The van der Waals surface area contributed by atoms with E-state index >= 15 is 0 Å². The summed E-state index contributed by atoms with van der Waals surface area (Å²) in [6.07, 6.45) is 5.51. The lowest BCUT2D eigenvalue weighted by atomic mass is 9.99. The molecule has 3 unspecified atom stereocenters. The maximum Gasteiger partial charge on any atom is 0.0757 e. The normalized spacial score (nSPS) is 28.5. The molecule has 19 heavy (non-hydrogen) atoms. The molecular formula is C17H25NO.